The minimum Gasteiger partial charge on any atom is -0.393 e. The highest BCUT2D eigenvalue weighted by Gasteiger charge is 2.12. The first-order chi connectivity index (χ1) is 5.20. The molecule has 3 heteroatoms. The highest BCUT2D eigenvalue weighted by Crippen LogP contribution is 2.05. The van der Waals surface area contributed by atoms with Gasteiger partial charge in [-0.15, -0.1) is 0 Å². The summed E-state index contributed by atoms with van der Waals surface area (Å²) in [6.45, 7) is 3.79. The molecular formula is C8H16N2O. The molecule has 0 saturated carbocycles. The Kier molecular flexibility index (Phi) is 2.88. The molecular weight excluding hydrogens is 140 g/mol. The first kappa shape index (κ1) is 8.53. The molecule has 0 radical (unpaired) electrons. The van der Waals surface area contributed by atoms with E-state index in [1.54, 1.807) is 6.92 Å². The lowest BCUT2D eigenvalue weighted by atomic mass is 10.2. The lowest BCUT2D eigenvalue weighted by Crippen LogP contribution is -2.33. The van der Waals surface area contributed by atoms with E-state index in [9.17, 15) is 0 Å². The van der Waals surface area contributed by atoms with Crippen molar-refractivity contribution in [3.05, 3.63) is 0 Å². The fourth-order valence-corrected chi connectivity index (χ4v) is 1.25. The van der Waals surface area contributed by atoms with E-state index in [1.807, 2.05) is 7.05 Å². The van der Waals surface area contributed by atoms with Gasteiger partial charge in [-0.3, -0.25) is 4.99 Å². The van der Waals surface area contributed by atoms with Gasteiger partial charge in [0.15, 0.2) is 0 Å². The molecule has 3 nitrogen and oxygen atoms in total. The van der Waals surface area contributed by atoms with Crippen LogP contribution in [0.5, 0.6) is 0 Å². The van der Waals surface area contributed by atoms with Gasteiger partial charge in [-0.25, -0.2) is 0 Å². The van der Waals surface area contributed by atoms with Crippen molar-refractivity contribution in [3.63, 3.8) is 0 Å². The van der Waals surface area contributed by atoms with Gasteiger partial charge in [0, 0.05) is 26.6 Å². The molecule has 0 amide bonds. The smallest absolute Gasteiger partial charge is 0.101 e. The van der Waals surface area contributed by atoms with Crippen molar-refractivity contribution < 1.29 is 5.11 Å². The van der Waals surface area contributed by atoms with E-state index in [0.29, 0.717) is 6.42 Å². The molecule has 64 valence electrons. The van der Waals surface area contributed by atoms with Crippen LogP contribution in [0, 0.1) is 0 Å². The standard InChI is InChI=1S/C8H16N2O/c1-7(11)6-8-9-4-3-5-10(8)2/h7,11H,3-6H2,1-2H3. The predicted octanol–water partition coefficient (Wildman–Crippen LogP) is 0.491. The van der Waals surface area contributed by atoms with E-state index in [0.717, 1.165) is 25.3 Å². The quantitative estimate of drug-likeness (QED) is 0.631. The molecule has 0 aliphatic carbocycles. The molecule has 1 rings (SSSR count). The lowest BCUT2D eigenvalue weighted by molar-refractivity contribution is 0.198. The van der Waals surface area contributed by atoms with Crippen LogP contribution in [0.25, 0.3) is 0 Å². The van der Waals surface area contributed by atoms with Gasteiger partial charge in [0.1, 0.15) is 5.84 Å². The fourth-order valence-electron chi connectivity index (χ4n) is 1.25. The Balaban J connectivity index is 2.47. The Morgan fingerprint density at radius 3 is 3.00 bits per heavy atom. The van der Waals surface area contributed by atoms with Gasteiger partial charge in [0.25, 0.3) is 0 Å². The molecule has 1 aliphatic heterocycles. The van der Waals surface area contributed by atoms with Crippen molar-refractivity contribution >= 4 is 5.84 Å². The van der Waals surface area contributed by atoms with Crippen LogP contribution in [0.2, 0.25) is 0 Å². The maximum Gasteiger partial charge on any atom is 0.101 e. The molecule has 11 heavy (non-hydrogen) atoms. The summed E-state index contributed by atoms with van der Waals surface area (Å²) in [5, 5.41) is 9.11. The molecule has 0 aromatic carbocycles. The zero-order valence-electron chi connectivity index (χ0n) is 7.25. The Morgan fingerprint density at radius 2 is 2.45 bits per heavy atom. The fraction of sp³-hybridized carbons (Fsp3) is 0.875. The van der Waals surface area contributed by atoms with Gasteiger partial charge in [-0.2, -0.15) is 0 Å². The summed E-state index contributed by atoms with van der Waals surface area (Å²) in [4.78, 5) is 6.45. The number of aliphatic hydroxyl groups is 1. The average Bonchev–Trinajstić information content (AvgIpc) is 1.93. The first-order valence-corrected chi connectivity index (χ1v) is 4.12. The van der Waals surface area contributed by atoms with Crippen molar-refractivity contribution in [2.24, 2.45) is 4.99 Å². The minimum atomic E-state index is -0.269. The maximum atomic E-state index is 9.11. The van der Waals surface area contributed by atoms with Gasteiger partial charge in [0.05, 0.1) is 6.10 Å². The topological polar surface area (TPSA) is 35.8 Å². The van der Waals surface area contributed by atoms with Crippen molar-refractivity contribution in [2.75, 3.05) is 20.1 Å². The van der Waals surface area contributed by atoms with Crippen molar-refractivity contribution in [1.29, 1.82) is 0 Å². The molecule has 0 fully saturated rings. The molecule has 1 atom stereocenters. The predicted molar refractivity (Wildman–Crippen MR) is 45.8 cm³/mol. The molecule has 1 heterocycles. The number of rotatable bonds is 2. The van der Waals surface area contributed by atoms with Crippen LogP contribution in [-0.4, -0.2) is 42.1 Å². The molecule has 1 N–H and O–H groups in total. The van der Waals surface area contributed by atoms with Gasteiger partial charge >= 0.3 is 0 Å². The second kappa shape index (κ2) is 3.72. The molecule has 0 spiro atoms. The number of amidine groups is 1. The molecule has 0 aromatic rings. The highest BCUT2D eigenvalue weighted by molar-refractivity contribution is 5.82. The zero-order chi connectivity index (χ0) is 8.27. The van der Waals surface area contributed by atoms with Gasteiger partial charge in [-0.1, -0.05) is 0 Å². The number of aliphatic hydroxyl groups excluding tert-OH is 1. The Labute approximate surface area is 67.7 Å². The lowest BCUT2D eigenvalue weighted by Gasteiger charge is -2.25. The van der Waals surface area contributed by atoms with E-state index in [4.69, 9.17) is 5.11 Å². The SMILES string of the molecule is CC(O)CC1=NCCCN1C. The van der Waals surface area contributed by atoms with E-state index in [2.05, 4.69) is 9.89 Å². The van der Waals surface area contributed by atoms with Gasteiger partial charge in [-0.05, 0) is 13.3 Å². The monoisotopic (exact) mass is 156 g/mol. The van der Waals surface area contributed by atoms with Crippen molar-refractivity contribution in [1.82, 2.24) is 4.90 Å². The van der Waals surface area contributed by atoms with Gasteiger partial charge < -0.3 is 10.0 Å². The van der Waals surface area contributed by atoms with Crippen LogP contribution in [0.3, 0.4) is 0 Å². The van der Waals surface area contributed by atoms with E-state index < -0.39 is 0 Å². The van der Waals surface area contributed by atoms with Crippen LogP contribution in [0.15, 0.2) is 4.99 Å². The summed E-state index contributed by atoms with van der Waals surface area (Å²) >= 11 is 0. The molecule has 1 aliphatic rings. The van der Waals surface area contributed by atoms with Crippen molar-refractivity contribution in [3.8, 4) is 0 Å². The number of hydrogen-bond acceptors (Lipinski definition) is 3. The summed E-state index contributed by atoms with van der Waals surface area (Å²) in [7, 11) is 2.03. The van der Waals surface area contributed by atoms with E-state index in [1.165, 1.54) is 0 Å². The van der Waals surface area contributed by atoms with Crippen molar-refractivity contribution in [2.45, 2.75) is 25.9 Å². The van der Waals surface area contributed by atoms with Crippen LogP contribution in [-0.2, 0) is 0 Å². The largest absolute Gasteiger partial charge is 0.393 e. The molecule has 0 saturated heterocycles. The zero-order valence-corrected chi connectivity index (χ0v) is 7.25. The van der Waals surface area contributed by atoms with Crippen LogP contribution < -0.4 is 0 Å². The summed E-state index contributed by atoms with van der Waals surface area (Å²) in [5.41, 5.74) is 0. The number of aliphatic imine (C=N–C) groups is 1. The van der Waals surface area contributed by atoms with E-state index in [-0.39, 0.29) is 6.10 Å². The maximum absolute atomic E-state index is 9.11. The summed E-state index contributed by atoms with van der Waals surface area (Å²) in [5.74, 6) is 1.05. The highest BCUT2D eigenvalue weighted by atomic mass is 16.3. The van der Waals surface area contributed by atoms with Gasteiger partial charge in [0.2, 0.25) is 0 Å². The summed E-state index contributed by atoms with van der Waals surface area (Å²) < 4.78 is 0. The minimum absolute atomic E-state index is 0.269. The Bertz CT molecular complexity index is 154. The third-order valence-corrected chi connectivity index (χ3v) is 1.86. The summed E-state index contributed by atoms with van der Waals surface area (Å²) in [6, 6.07) is 0. The Hall–Kier alpha value is -0.570. The summed E-state index contributed by atoms with van der Waals surface area (Å²) in [6.07, 6.45) is 1.56. The number of hydrogen-bond donors (Lipinski definition) is 1. The third kappa shape index (κ3) is 2.50. The first-order valence-electron chi connectivity index (χ1n) is 4.12. The van der Waals surface area contributed by atoms with Crippen LogP contribution >= 0.6 is 0 Å². The third-order valence-electron chi connectivity index (χ3n) is 1.86. The molecule has 0 aromatic heterocycles. The Morgan fingerprint density at radius 1 is 1.73 bits per heavy atom. The second-order valence-corrected chi connectivity index (χ2v) is 3.13. The van der Waals surface area contributed by atoms with E-state index >= 15 is 0 Å². The average molecular weight is 156 g/mol. The normalized spacial score (nSPS) is 21.4. The van der Waals surface area contributed by atoms with Crippen LogP contribution in [0.1, 0.15) is 19.8 Å². The van der Waals surface area contributed by atoms with Crippen LogP contribution in [0.4, 0.5) is 0 Å². The second-order valence-electron chi connectivity index (χ2n) is 3.13. The molecule has 0 bridgehead atoms. The molecule has 1 unspecified atom stereocenters. The number of nitrogens with zero attached hydrogens (tertiary/aromatic N) is 2.